The van der Waals surface area contributed by atoms with Crippen LogP contribution in [0.4, 0.5) is 14.9 Å². The first-order valence-electron chi connectivity index (χ1n) is 13.0. The van der Waals surface area contributed by atoms with Gasteiger partial charge in [-0.05, 0) is 75.7 Å². The van der Waals surface area contributed by atoms with Crippen molar-refractivity contribution in [2.45, 2.75) is 45.9 Å². The van der Waals surface area contributed by atoms with Crippen LogP contribution >= 0.6 is 0 Å². The Morgan fingerprint density at radius 3 is 2.36 bits per heavy atom. The van der Waals surface area contributed by atoms with E-state index in [2.05, 4.69) is 9.88 Å². The Bertz CT molecular complexity index is 1290. The van der Waals surface area contributed by atoms with E-state index in [-0.39, 0.29) is 35.4 Å². The quantitative estimate of drug-likeness (QED) is 0.402. The molecule has 1 saturated heterocycles. The number of piperazine rings is 1. The second-order valence-corrected chi connectivity index (χ2v) is 10.7. The van der Waals surface area contributed by atoms with Crippen LogP contribution in [-0.2, 0) is 11.3 Å². The van der Waals surface area contributed by atoms with Crippen LogP contribution in [0.25, 0.3) is 0 Å². The molecular formula is C30H35FN4O4. The Kier molecular flexibility index (Phi) is 8.50. The predicted octanol–water partition coefficient (Wildman–Crippen LogP) is 5.73. The molecular weight excluding hydrogens is 499 g/mol. The Labute approximate surface area is 228 Å². The lowest BCUT2D eigenvalue weighted by Crippen LogP contribution is -2.54. The summed E-state index contributed by atoms with van der Waals surface area (Å²) < 4.78 is 24.3. The molecule has 0 aliphatic carbocycles. The number of halogens is 1. The normalized spacial score (nSPS) is 16.1. The molecule has 0 saturated carbocycles. The third kappa shape index (κ3) is 7.54. The number of benzene rings is 2. The van der Waals surface area contributed by atoms with Crippen LogP contribution in [0, 0.1) is 5.82 Å². The van der Waals surface area contributed by atoms with Gasteiger partial charge in [0.1, 0.15) is 22.9 Å². The number of carbonyl (C=O) groups excluding carboxylic acids is 2. The average molecular weight is 535 g/mol. The largest absolute Gasteiger partial charge is 0.444 e. The van der Waals surface area contributed by atoms with Crippen LogP contribution in [0.3, 0.4) is 0 Å². The lowest BCUT2D eigenvalue weighted by atomic mass is 10.1. The predicted molar refractivity (Wildman–Crippen MR) is 148 cm³/mol. The van der Waals surface area contributed by atoms with Crippen LogP contribution in [0.1, 0.15) is 43.7 Å². The van der Waals surface area contributed by atoms with Crippen molar-refractivity contribution in [2.75, 3.05) is 31.6 Å². The molecule has 2 aromatic carbocycles. The van der Waals surface area contributed by atoms with E-state index >= 15 is 0 Å². The molecule has 0 radical (unpaired) electrons. The number of hydrogen-bond acceptors (Lipinski definition) is 6. The minimum absolute atomic E-state index is 0.0481. The number of ether oxygens (including phenoxy) is 2. The molecule has 206 valence electrons. The molecule has 1 fully saturated rings. The summed E-state index contributed by atoms with van der Waals surface area (Å²) in [4.78, 5) is 35.6. The van der Waals surface area contributed by atoms with E-state index in [1.807, 2.05) is 52.0 Å². The van der Waals surface area contributed by atoms with E-state index in [0.717, 1.165) is 30.9 Å². The smallest absolute Gasteiger partial charge is 0.410 e. The summed E-state index contributed by atoms with van der Waals surface area (Å²) in [6, 6.07) is 18.4. The maximum atomic E-state index is 13.1. The molecule has 8 nitrogen and oxygen atoms in total. The maximum absolute atomic E-state index is 13.1. The van der Waals surface area contributed by atoms with Gasteiger partial charge in [0.25, 0.3) is 5.91 Å². The van der Waals surface area contributed by atoms with E-state index < -0.39 is 5.60 Å². The summed E-state index contributed by atoms with van der Waals surface area (Å²) in [5.41, 5.74) is 1.57. The van der Waals surface area contributed by atoms with E-state index in [1.165, 1.54) is 29.2 Å². The highest BCUT2D eigenvalue weighted by Crippen LogP contribution is 2.23. The van der Waals surface area contributed by atoms with Crippen molar-refractivity contribution < 1.29 is 23.5 Å². The number of hydrogen-bond donors (Lipinski definition) is 0. The Balaban J connectivity index is 1.34. The fraction of sp³-hybridized carbons (Fsp3) is 0.367. The number of aromatic nitrogens is 1. The molecule has 0 spiro atoms. The second kappa shape index (κ2) is 11.8. The van der Waals surface area contributed by atoms with E-state index in [9.17, 15) is 14.0 Å². The minimum atomic E-state index is -0.513. The van der Waals surface area contributed by atoms with E-state index in [4.69, 9.17) is 9.47 Å². The van der Waals surface area contributed by atoms with Crippen molar-refractivity contribution in [1.82, 2.24) is 14.8 Å². The molecule has 1 aliphatic heterocycles. The molecule has 0 unspecified atom stereocenters. The van der Waals surface area contributed by atoms with E-state index in [0.29, 0.717) is 12.3 Å². The van der Waals surface area contributed by atoms with Gasteiger partial charge in [-0.1, -0.05) is 18.2 Å². The topological polar surface area (TPSA) is 75.2 Å². The molecule has 0 bridgehead atoms. The molecule has 1 aliphatic rings. The molecule has 0 N–H and O–H groups in total. The van der Waals surface area contributed by atoms with Gasteiger partial charge in [-0.3, -0.25) is 9.69 Å². The van der Waals surface area contributed by atoms with Crippen molar-refractivity contribution in [3.05, 3.63) is 83.8 Å². The highest BCUT2D eigenvalue weighted by atomic mass is 19.1. The zero-order chi connectivity index (χ0) is 28.2. The first-order chi connectivity index (χ1) is 18.5. The minimum Gasteiger partial charge on any atom is -0.444 e. The molecule has 2 heterocycles. The zero-order valence-electron chi connectivity index (χ0n) is 23.1. The fourth-order valence-corrected chi connectivity index (χ4v) is 4.35. The van der Waals surface area contributed by atoms with Crippen LogP contribution in [0.15, 0.2) is 66.7 Å². The lowest BCUT2D eigenvalue weighted by Gasteiger charge is -2.40. The van der Waals surface area contributed by atoms with Crippen LogP contribution in [0.5, 0.6) is 11.6 Å². The fourth-order valence-electron chi connectivity index (χ4n) is 4.35. The Morgan fingerprint density at radius 1 is 1.03 bits per heavy atom. The monoisotopic (exact) mass is 534 g/mol. The highest BCUT2D eigenvalue weighted by Gasteiger charge is 2.30. The number of amides is 2. The highest BCUT2D eigenvalue weighted by molar-refractivity contribution is 6.04. The van der Waals surface area contributed by atoms with Gasteiger partial charge in [-0.2, -0.15) is 0 Å². The van der Waals surface area contributed by atoms with E-state index in [1.54, 1.807) is 30.1 Å². The zero-order valence-corrected chi connectivity index (χ0v) is 23.1. The van der Waals surface area contributed by atoms with Crippen molar-refractivity contribution in [2.24, 2.45) is 0 Å². The van der Waals surface area contributed by atoms with Gasteiger partial charge < -0.3 is 19.3 Å². The van der Waals surface area contributed by atoms with Crippen LogP contribution in [0.2, 0.25) is 0 Å². The van der Waals surface area contributed by atoms with Gasteiger partial charge in [-0.15, -0.1) is 0 Å². The summed E-state index contributed by atoms with van der Waals surface area (Å²) >= 11 is 0. The SMILES string of the molecule is C[C@H]1CN(Cc2ccc(N(C)C(=O)c3cccc(Oc4ccc(F)cc4)n3)cc2)CCN1C(=O)OC(C)(C)C. The lowest BCUT2D eigenvalue weighted by molar-refractivity contribution is 0.000550. The number of pyridine rings is 1. The number of anilines is 1. The third-order valence-electron chi connectivity index (χ3n) is 6.35. The molecule has 3 aromatic rings. The van der Waals surface area contributed by atoms with Gasteiger partial charge in [0.2, 0.25) is 5.88 Å². The number of rotatable bonds is 6. The summed E-state index contributed by atoms with van der Waals surface area (Å²) in [6.45, 7) is 10.5. The maximum Gasteiger partial charge on any atom is 0.410 e. The van der Waals surface area contributed by atoms with Crippen molar-refractivity contribution in [1.29, 1.82) is 0 Å². The van der Waals surface area contributed by atoms with Crippen molar-refractivity contribution in [3.8, 4) is 11.6 Å². The molecule has 4 rings (SSSR count). The van der Waals surface area contributed by atoms with Crippen molar-refractivity contribution >= 4 is 17.7 Å². The average Bonchev–Trinajstić information content (AvgIpc) is 2.89. The molecule has 2 amide bonds. The first-order valence-corrected chi connectivity index (χ1v) is 13.0. The standard InChI is InChI=1S/C30H35FN4O4/c1-21-19-34(17-18-35(21)29(37)39-30(2,3)4)20-22-9-13-24(14-10-22)33(5)28(36)26-7-6-8-27(32-26)38-25-15-11-23(31)12-16-25/h6-16,21H,17-20H2,1-5H3/t21-/m0/s1. The summed E-state index contributed by atoms with van der Waals surface area (Å²) in [6.07, 6.45) is -0.270. The van der Waals surface area contributed by atoms with Gasteiger partial charge >= 0.3 is 6.09 Å². The molecule has 39 heavy (non-hydrogen) atoms. The van der Waals surface area contributed by atoms with Gasteiger partial charge in [-0.25, -0.2) is 14.2 Å². The molecule has 9 heteroatoms. The van der Waals surface area contributed by atoms with Gasteiger partial charge in [0.15, 0.2) is 0 Å². The summed E-state index contributed by atoms with van der Waals surface area (Å²) in [7, 11) is 1.70. The Hall–Kier alpha value is -3.98. The summed E-state index contributed by atoms with van der Waals surface area (Å²) in [5, 5.41) is 0. The van der Waals surface area contributed by atoms with Gasteiger partial charge in [0.05, 0.1) is 0 Å². The first kappa shape index (κ1) is 28.0. The second-order valence-electron chi connectivity index (χ2n) is 10.7. The number of nitrogens with zero attached hydrogens (tertiary/aromatic N) is 4. The summed E-state index contributed by atoms with van der Waals surface area (Å²) in [5.74, 6) is 0.0388. The van der Waals surface area contributed by atoms with Crippen LogP contribution in [-0.4, -0.2) is 65.1 Å². The van der Waals surface area contributed by atoms with Gasteiger partial charge in [0, 0.05) is 51.0 Å². The number of carbonyl (C=O) groups is 2. The van der Waals surface area contributed by atoms with Crippen molar-refractivity contribution in [3.63, 3.8) is 0 Å². The molecule has 1 aromatic heterocycles. The third-order valence-corrected chi connectivity index (χ3v) is 6.35. The molecule has 1 atom stereocenters. The van der Waals surface area contributed by atoms with Crippen LogP contribution < -0.4 is 9.64 Å². The Morgan fingerprint density at radius 2 is 1.72 bits per heavy atom.